The number of hydrogen-bond acceptors (Lipinski definition) is 4. The zero-order valence-corrected chi connectivity index (χ0v) is 13.7. The number of rotatable bonds is 1. The molecule has 0 amide bonds. The third-order valence-electron chi connectivity index (χ3n) is 5.51. The lowest BCUT2D eigenvalue weighted by atomic mass is 9.62. The van der Waals surface area contributed by atoms with Crippen molar-refractivity contribution in [2.24, 2.45) is 5.41 Å². The molecule has 1 saturated heterocycles. The number of hydrogen-bond donors (Lipinski definition) is 0. The zero-order chi connectivity index (χ0) is 16.1. The van der Waals surface area contributed by atoms with E-state index >= 15 is 0 Å². The average molecular weight is 314 g/mol. The summed E-state index contributed by atoms with van der Waals surface area (Å²) in [5.41, 5.74) is 4.10. The van der Waals surface area contributed by atoms with E-state index in [4.69, 9.17) is 14.2 Å². The van der Waals surface area contributed by atoms with Crippen molar-refractivity contribution < 1.29 is 19.0 Å². The van der Waals surface area contributed by atoms with E-state index in [2.05, 4.69) is 31.2 Å². The molecule has 3 aliphatic rings. The van der Waals surface area contributed by atoms with Gasteiger partial charge in [-0.05, 0) is 49.0 Å². The highest BCUT2D eigenvalue weighted by molar-refractivity contribution is 5.95. The minimum atomic E-state index is -0.661. The van der Waals surface area contributed by atoms with Crippen molar-refractivity contribution in [1.82, 2.24) is 0 Å². The Kier molecular flexibility index (Phi) is 3.36. The summed E-state index contributed by atoms with van der Waals surface area (Å²) in [5, 5.41) is 0. The second-order valence-corrected chi connectivity index (χ2v) is 6.80. The molecule has 122 valence electrons. The number of methoxy groups -OCH3 is 1. The monoisotopic (exact) mass is 314 g/mol. The Labute approximate surface area is 136 Å². The fourth-order valence-corrected chi connectivity index (χ4v) is 4.26. The van der Waals surface area contributed by atoms with Crippen LogP contribution in [0.4, 0.5) is 0 Å². The van der Waals surface area contributed by atoms with Crippen LogP contribution in [-0.4, -0.2) is 32.1 Å². The molecule has 1 heterocycles. The molecule has 2 aliphatic carbocycles. The molecule has 0 bridgehead atoms. The van der Waals surface area contributed by atoms with Gasteiger partial charge >= 0.3 is 5.97 Å². The quantitative estimate of drug-likeness (QED) is 0.748. The topological polar surface area (TPSA) is 44.8 Å². The molecule has 4 nitrogen and oxygen atoms in total. The van der Waals surface area contributed by atoms with Gasteiger partial charge in [0.1, 0.15) is 0 Å². The van der Waals surface area contributed by atoms with E-state index in [9.17, 15) is 4.79 Å². The Morgan fingerprint density at radius 3 is 2.70 bits per heavy atom. The van der Waals surface area contributed by atoms with E-state index in [1.165, 1.54) is 18.2 Å². The van der Waals surface area contributed by atoms with Gasteiger partial charge in [-0.1, -0.05) is 23.8 Å². The number of carbonyl (C=O) groups excluding carboxylic acids is 1. The molecule has 0 saturated carbocycles. The molecule has 1 spiro atoms. The van der Waals surface area contributed by atoms with Crippen molar-refractivity contribution in [3.05, 3.63) is 41.0 Å². The van der Waals surface area contributed by atoms with Gasteiger partial charge in [0, 0.05) is 6.42 Å². The standard InChI is InChI=1S/C19H22O4/c1-13-3-4-14-5-6-18(17(20)21-2)7-8-19(22-9-10-23-19)12-16(18)15(14)11-13/h3-4,11-12H,5-10H2,1-2H3. The van der Waals surface area contributed by atoms with Crippen LogP contribution >= 0.6 is 0 Å². The minimum Gasteiger partial charge on any atom is -0.468 e. The normalized spacial score (nSPS) is 28.0. The minimum absolute atomic E-state index is 0.135. The first-order chi connectivity index (χ1) is 11.1. The number of aryl methyl sites for hydroxylation is 2. The van der Waals surface area contributed by atoms with E-state index in [1.54, 1.807) is 0 Å². The number of fused-ring (bicyclic) bond motifs is 3. The molecule has 1 unspecified atom stereocenters. The largest absolute Gasteiger partial charge is 0.468 e. The molecule has 0 aromatic heterocycles. The van der Waals surface area contributed by atoms with Crippen molar-refractivity contribution >= 4 is 11.5 Å². The summed E-state index contributed by atoms with van der Waals surface area (Å²) >= 11 is 0. The zero-order valence-electron chi connectivity index (χ0n) is 13.7. The van der Waals surface area contributed by atoms with Crippen LogP contribution in [0.25, 0.3) is 5.57 Å². The van der Waals surface area contributed by atoms with E-state index in [0.717, 1.165) is 24.0 Å². The Hall–Kier alpha value is -1.65. The lowest BCUT2D eigenvalue weighted by molar-refractivity contribution is -0.157. The van der Waals surface area contributed by atoms with Crippen LogP contribution < -0.4 is 0 Å². The highest BCUT2D eigenvalue weighted by atomic mass is 16.7. The maximum absolute atomic E-state index is 12.7. The molecule has 1 aromatic rings. The molecule has 1 fully saturated rings. The van der Waals surface area contributed by atoms with E-state index < -0.39 is 11.2 Å². The number of carbonyl (C=O) groups is 1. The van der Waals surface area contributed by atoms with Crippen LogP contribution in [0.5, 0.6) is 0 Å². The fraction of sp³-hybridized carbons (Fsp3) is 0.526. The summed E-state index contributed by atoms with van der Waals surface area (Å²) in [6.45, 7) is 3.29. The maximum atomic E-state index is 12.7. The van der Waals surface area contributed by atoms with E-state index in [0.29, 0.717) is 26.1 Å². The predicted octanol–water partition coefficient (Wildman–Crippen LogP) is 3.02. The van der Waals surface area contributed by atoms with Gasteiger partial charge in [0.25, 0.3) is 0 Å². The van der Waals surface area contributed by atoms with Gasteiger partial charge in [0.15, 0.2) is 5.79 Å². The highest BCUT2D eigenvalue weighted by Crippen LogP contribution is 2.54. The van der Waals surface area contributed by atoms with Gasteiger partial charge in [-0.25, -0.2) is 0 Å². The maximum Gasteiger partial charge on any atom is 0.316 e. The van der Waals surface area contributed by atoms with Crippen LogP contribution in [0.2, 0.25) is 0 Å². The molecule has 4 heteroatoms. The summed E-state index contributed by atoms with van der Waals surface area (Å²) < 4.78 is 17.0. The van der Waals surface area contributed by atoms with Gasteiger partial charge in [0.2, 0.25) is 0 Å². The number of esters is 1. The second kappa shape index (κ2) is 5.18. The Morgan fingerprint density at radius 1 is 1.17 bits per heavy atom. The second-order valence-electron chi connectivity index (χ2n) is 6.80. The van der Waals surface area contributed by atoms with Crippen LogP contribution in [0.3, 0.4) is 0 Å². The summed E-state index contributed by atoms with van der Waals surface area (Å²) in [7, 11) is 1.48. The van der Waals surface area contributed by atoms with Crippen LogP contribution in [-0.2, 0) is 25.4 Å². The predicted molar refractivity (Wildman–Crippen MR) is 85.8 cm³/mol. The first-order valence-corrected chi connectivity index (χ1v) is 8.28. The molecule has 1 atom stereocenters. The van der Waals surface area contributed by atoms with Gasteiger partial charge in [-0.2, -0.15) is 0 Å². The first kappa shape index (κ1) is 14.9. The fourth-order valence-electron chi connectivity index (χ4n) is 4.26. The summed E-state index contributed by atoms with van der Waals surface area (Å²) in [6, 6.07) is 6.47. The molecule has 0 radical (unpaired) electrons. The van der Waals surface area contributed by atoms with Crippen LogP contribution in [0.1, 0.15) is 36.0 Å². The summed E-state index contributed by atoms with van der Waals surface area (Å²) in [5.74, 6) is -0.797. The Balaban J connectivity index is 1.91. The average Bonchev–Trinajstić information content (AvgIpc) is 3.02. The van der Waals surface area contributed by atoms with Gasteiger partial charge in [-0.3, -0.25) is 4.79 Å². The highest BCUT2D eigenvalue weighted by Gasteiger charge is 2.53. The van der Waals surface area contributed by atoms with Crippen molar-refractivity contribution in [2.75, 3.05) is 20.3 Å². The van der Waals surface area contributed by atoms with Gasteiger partial charge in [0.05, 0.1) is 25.7 Å². The Morgan fingerprint density at radius 2 is 1.96 bits per heavy atom. The van der Waals surface area contributed by atoms with Gasteiger partial charge in [-0.15, -0.1) is 0 Å². The Bertz CT molecular complexity index is 685. The third-order valence-corrected chi connectivity index (χ3v) is 5.51. The molecular formula is C19H22O4. The molecule has 23 heavy (non-hydrogen) atoms. The van der Waals surface area contributed by atoms with E-state index in [1.807, 2.05) is 0 Å². The molecule has 1 aromatic carbocycles. The smallest absolute Gasteiger partial charge is 0.316 e. The van der Waals surface area contributed by atoms with E-state index in [-0.39, 0.29) is 5.97 Å². The van der Waals surface area contributed by atoms with Crippen LogP contribution in [0, 0.1) is 12.3 Å². The van der Waals surface area contributed by atoms with Crippen molar-refractivity contribution in [3.8, 4) is 0 Å². The van der Waals surface area contributed by atoms with Crippen LogP contribution in [0.15, 0.2) is 24.3 Å². The van der Waals surface area contributed by atoms with Gasteiger partial charge < -0.3 is 14.2 Å². The van der Waals surface area contributed by atoms with Crippen molar-refractivity contribution in [3.63, 3.8) is 0 Å². The molecule has 0 N–H and O–H groups in total. The molecular weight excluding hydrogens is 292 g/mol. The number of benzene rings is 1. The SMILES string of the molecule is COC(=O)C12CCc3ccc(C)cc3C1=CC1(CC2)OCCO1. The molecule has 1 aliphatic heterocycles. The third kappa shape index (κ3) is 2.16. The number of ether oxygens (including phenoxy) is 3. The lowest BCUT2D eigenvalue weighted by Gasteiger charge is -2.44. The lowest BCUT2D eigenvalue weighted by Crippen LogP contribution is -2.44. The van der Waals surface area contributed by atoms with Crippen molar-refractivity contribution in [2.45, 2.75) is 38.4 Å². The summed E-state index contributed by atoms with van der Waals surface area (Å²) in [6.07, 6.45) is 5.15. The summed E-state index contributed by atoms with van der Waals surface area (Å²) in [4.78, 5) is 12.7. The van der Waals surface area contributed by atoms with Crippen molar-refractivity contribution in [1.29, 1.82) is 0 Å². The first-order valence-electron chi connectivity index (χ1n) is 8.28. The molecule has 4 rings (SSSR count).